The highest BCUT2D eigenvalue weighted by Crippen LogP contribution is 2.19. The molecule has 0 aromatic heterocycles. The van der Waals surface area contributed by atoms with E-state index in [9.17, 15) is 14.7 Å². The summed E-state index contributed by atoms with van der Waals surface area (Å²) < 4.78 is 10.2. The van der Waals surface area contributed by atoms with Crippen LogP contribution in [-0.2, 0) is 16.0 Å². The number of benzene rings is 2. The molecule has 0 aliphatic heterocycles. The highest BCUT2D eigenvalue weighted by molar-refractivity contribution is 5.71. The van der Waals surface area contributed by atoms with Crippen molar-refractivity contribution in [2.24, 2.45) is 5.73 Å². The zero-order chi connectivity index (χ0) is 28.8. The summed E-state index contributed by atoms with van der Waals surface area (Å²) in [6.07, 6.45) is 1.32. The molecule has 0 spiro atoms. The molecule has 4 N–H and O–H groups in total. The van der Waals surface area contributed by atoms with Crippen LogP contribution in [0.15, 0.2) is 54.6 Å². The third kappa shape index (κ3) is 14.6. The maximum absolute atomic E-state index is 12.3. The van der Waals surface area contributed by atoms with Crippen LogP contribution in [-0.4, -0.2) is 68.0 Å². The highest BCUT2D eigenvalue weighted by Gasteiger charge is 2.26. The van der Waals surface area contributed by atoms with Gasteiger partial charge in [-0.1, -0.05) is 63.9 Å². The number of carbonyl (C=O) groups is 2. The first-order valence-corrected chi connectivity index (χ1v) is 13.2. The van der Waals surface area contributed by atoms with Gasteiger partial charge in [-0.05, 0) is 56.6 Å². The lowest BCUT2D eigenvalue weighted by atomic mass is 10.0. The second-order valence-electron chi connectivity index (χ2n) is 8.12. The van der Waals surface area contributed by atoms with E-state index in [0.717, 1.165) is 30.6 Å². The average molecular weight is 534 g/mol. The van der Waals surface area contributed by atoms with Crippen LogP contribution in [0.3, 0.4) is 0 Å². The Hall–Kier alpha value is -3.14. The largest absolute Gasteiger partial charge is 0.497 e. The summed E-state index contributed by atoms with van der Waals surface area (Å²) in [5, 5.41) is 15.5. The zero-order valence-corrected chi connectivity index (χ0v) is 23.8. The molecule has 214 valence electrons. The Morgan fingerprint density at radius 2 is 1.66 bits per heavy atom. The fourth-order valence-corrected chi connectivity index (χ4v) is 3.37. The molecule has 1 amide bonds. The van der Waals surface area contributed by atoms with E-state index in [-0.39, 0.29) is 6.54 Å². The van der Waals surface area contributed by atoms with Crippen LogP contribution in [0, 0.1) is 0 Å². The molecular weight excluding hydrogens is 486 g/mol. The summed E-state index contributed by atoms with van der Waals surface area (Å²) in [5.41, 5.74) is 5.45. The number of hydrogen-bond acceptors (Lipinski definition) is 8. The van der Waals surface area contributed by atoms with Gasteiger partial charge in [-0.25, -0.2) is 4.79 Å². The first-order chi connectivity index (χ1) is 18.4. The molecule has 9 nitrogen and oxygen atoms in total. The van der Waals surface area contributed by atoms with Gasteiger partial charge in [0.2, 0.25) is 0 Å². The van der Waals surface area contributed by atoms with Crippen molar-refractivity contribution >= 4 is 12.4 Å². The number of carbonyl (C=O) groups excluding carboxylic acids is 2. The maximum atomic E-state index is 12.3. The number of nitrogens with two attached hydrogens (primary N) is 1. The number of ether oxygens (including phenoxy) is 2. The fourth-order valence-electron chi connectivity index (χ4n) is 3.37. The minimum Gasteiger partial charge on any atom is -0.497 e. The molecule has 0 aliphatic rings. The number of unbranched alkanes of at least 4 members (excludes halogenated alkanes) is 2. The number of aldehydes is 1. The zero-order valence-electron chi connectivity index (χ0n) is 23.8. The molecule has 2 aromatic rings. The van der Waals surface area contributed by atoms with Crippen molar-refractivity contribution in [2.45, 2.75) is 71.6 Å². The number of aliphatic hydroxyl groups excluding tert-OH is 1. The molecule has 2 aromatic carbocycles. The molecule has 38 heavy (non-hydrogen) atoms. The van der Waals surface area contributed by atoms with Gasteiger partial charge >= 0.3 is 6.09 Å². The third-order valence-electron chi connectivity index (χ3n) is 5.25. The maximum Gasteiger partial charge on any atom is 0.408 e. The second-order valence-corrected chi connectivity index (χ2v) is 8.12. The van der Waals surface area contributed by atoms with Crippen LogP contribution in [0.4, 0.5) is 4.79 Å². The number of hydrogen-bond donors (Lipinski definition) is 3. The Balaban J connectivity index is 0.00000326. The summed E-state index contributed by atoms with van der Waals surface area (Å²) in [6.45, 7) is 8.38. The Kier molecular flexibility index (Phi) is 20.1. The Bertz CT molecular complexity index is 851. The molecule has 3 unspecified atom stereocenters. The smallest absolute Gasteiger partial charge is 0.408 e. The van der Waals surface area contributed by atoms with E-state index in [2.05, 4.69) is 18.0 Å². The van der Waals surface area contributed by atoms with Crippen LogP contribution in [0.25, 0.3) is 0 Å². The fraction of sp³-hybridized carbons (Fsp3) is 0.517. The summed E-state index contributed by atoms with van der Waals surface area (Å²) in [6, 6.07) is 16.1. The van der Waals surface area contributed by atoms with E-state index < -0.39 is 24.3 Å². The van der Waals surface area contributed by atoms with Gasteiger partial charge in [-0.3, -0.25) is 4.79 Å². The minimum absolute atomic E-state index is 0.163. The van der Waals surface area contributed by atoms with Gasteiger partial charge < -0.3 is 30.5 Å². The van der Waals surface area contributed by atoms with Gasteiger partial charge in [0, 0.05) is 6.54 Å². The highest BCUT2D eigenvalue weighted by atomic mass is 16.7. The van der Waals surface area contributed by atoms with E-state index in [4.69, 9.17) is 14.3 Å². The van der Waals surface area contributed by atoms with E-state index >= 15 is 0 Å². The lowest BCUT2D eigenvalue weighted by Crippen LogP contribution is -2.50. The van der Waals surface area contributed by atoms with Crippen molar-refractivity contribution in [3.8, 4) is 11.5 Å². The number of alkyl carbamates (subject to hydrolysis) is 1. The Morgan fingerprint density at radius 1 is 1.05 bits per heavy atom. The van der Waals surface area contributed by atoms with Crippen molar-refractivity contribution in [3.63, 3.8) is 0 Å². The first kappa shape index (κ1) is 34.9. The van der Waals surface area contributed by atoms with Crippen molar-refractivity contribution in [1.29, 1.82) is 0 Å². The Labute approximate surface area is 228 Å². The van der Waals surface area contributed by atoms with Crippen molar-refractivity contribution in [1.82, 2.24) is 10.4 Å². The number of hydroxylamine groups is 2. The number of rotatable bonds is 15. The van der Waals surface area contributed by atoms with Crippen LogP contribution >= 0.6 is 0 Å². The standard InChI is InChI=1S/C26H36N2O6.C2H6.CH5N/c1-4-5-9-16-28(34-23-14-12-22(32-3)13-15-23)18-25(30)24(17-21-10-7-6-8-11-21)27-26(31)33-20(2)19-29;2*1-2/h6-8,10-15,19-20,24-25,30H,4-5,9,16-18H2,1-3H3,(H,27,31);1-2H3;2H2,1H3. The average Bonchev–Trinajstić information content (AvgIpc) is 2.95. The number of nitrogens with one attached hydrogen (secondary N) is 1. The molecule has 3 atom stereocenters. The Morgan fingerprint density at radius 3 is 2.21 bits per heavy atom. The van der Waals surface area contributed by atoms with Crippen molar-refractivity contribution in [3.05, 3.63) is 60.2 Å². The lowest BCUT2D eigenvalue weighted by Gasteiger charge is -2.30. The van der Waals surface area contributed by atoms with Gasteiger partial charge in [-0.2, -0.15) is 0 Å². The summed E-state index contributed by atoms with van der Waals surface area (Å²) in [5.74, 6) is 1.34. The molecule has 0 saturated carbocycles. The van der Waals surface area contributed by atoms with Crippen LogP contribution in [0.2, 0.25) is 0 Å². The van der Waals surface area contributed by atoms with E-state index in [1.54, 1.807) is 36.4 Å². The van der Waals surface area contributed by atoms with E-state index in [0.29, 0.717) is 25.0 Å². The molecule has 0 radical (unpaired) electrons. The monoisotopic (exact) mass is 533 g/mol. The number of amides is 1. The number of methoxy groups -OCH3 is 1. The molecule has 0 fully saturated rings. The second kappa shape index (κ2) is 21.9. The molecule has 0 bridgehead atoms. The molecular formula is C29H47N3O6. The predicted molar refractivity (Wildman–Crippen MR) is 151 cm³/mol. The number of nitrogens with zero attached hydrogens (tertiary/aromatic N) is 1. The normalized spacial score (nSPS) is 12.4. The van der Waals surface area contributed by atoms with E-state index in [1.807, 2.05) is 44.2 Å². The minimum atomic E-state index is -0.959. The number of aliphatic hydroxyl groups is 1. The van der Waals surface area contributed by atoms with Crippen molar-refractivity contribution in [2.75, 3.05) is 27.2 Å². The third-order valence-corrected chi connectivity index (χ3v) is 5.25. The summed E-state index contributed by atoms with van der Waals surface area (Å²) in [7, 11) is 3.10. The topological polar surface area (TPSA) is 123 Å². The molecule has 0 saturated heterocycles. The van der Waals surface area contributed by atoms with Crippen molar-refractivity contribution < 1.29 is 29.0 Å². The van der Waals surface area contributed by atoms with Crippen LogP contribution < -0.4 is 20.6 Å². The van der Waals surface area contributed by atoms with Gasteiger partial charge in [0.05, 0.1) is 25.8 Å². The molecule has 0 aliphatic carbocycles. The van der Waals surface area contributed by atoms with Gasteiger partial charge in [0.25, 0.3) is 0 Å². The van der Waals surface area contributed by atoms with Crippen LogP contribution in [0.5, 0.6) is 11.5 Å². The quantitative estimate of drug-likeness (QED) is 0.175. The van der Waals surface area contributed by atoms with E-state index in [1.165, 1.54) is 14.0 Å². The summed E-state index contributed by atoms with van der Waals surface area (Å²) in [4.78, 5) is 29.2. The molecule has 0 heterocycles. The van der Waals surface area contributed by atoms with Gasteiger partial charge in [0.1, 0.15) is 11.5 Å². The van der Waals surface area contributed by atoms with Gasteiger partial charge in [-0.15, -0.1) is 5.06 Å². The summed E-state index contributed by atoms with van der Waals surface area (Å²) >= 11 is 0. The lowest BCUT2D eigenvalue weighted by molar-refractivity contribution is -0.114. The first-order valence-electron chi connectivity index (χ1n) is 13.2. The van der Waals surface area contributed by atoms with Gasteiger partial charge in [0.15, 0.2) is 12.4 Å². The van der Waals surface area contributed by atoms with Crippen LogP contribution in [0.1, 0.15) is 52.5 Å². The SMILES string of the molecule is CC.CCCCCN(CC(O)C(Cc1ccccc1)NC(=O)OC(C)C=O)Oc1ccc(OC)cc1.CN. The predicted octanol–water partition coefficient (Wildman–Crippen LogP) is 4.37. The molecule has 9 heteroatoms. The molecule has 2 rings (SSSR count).